The van der Waals surface area contributed by atoms with Crippen molar-refractivity contribution in [2.75, 3.05) is 0 Å². The Morgan fingerprint density at radius 3 is 2.30 bits per heavy atom. The van der Waals surface area contributed by atoms with Crippen LogP contribution in [0.25, 0.3) is 10.9 Å². The number of nitrogens with one attached hydrogen (secondary N) is 1. The Hall–Kier alpha value is -3.08. The number of nitrogens with two attached hydrogens (primary N) is 1. The number of hydrogen-bond acceptors (Lipinski definition) is 2. The molecule has 0 saturated carbocycles. The third kappa shape index (κ3) is 4.03. The maximum absolute atomic E-state index is 13.0. The van der Waals surface area contributed by atoms with E-state index >= 15 is 0 Å². The number of para-hydroxylation sites is 1. The number of hydrogen-bond donors (Lipinski definition) is 2. The summed E-state index contributed by atoms with van der Waals surface area (Å²) in [7, 11) is 0. The molecule has 3 aromatic rings. The van der Waals surface area contributed by atoms with E-state index < -0.39 is 17.4 Å². The van der Waals surface area contributed by atoms with E-state index in [1.807, 2.05) is 69.4 Å². The minimum atomic E-state index is -0.749. The van der Waals surface area contributed by atoms with Crippen LogP contribution in [-0.4, -0.2) is 22.4 Å². The van der Waals surface area contributed by atoms with Crippen molar-refractivity contribution in [3.05, 3.63) is 71.9 Å². The Kier molecular flexibility index (Phi) is 5.04. The summed E-state index contributed by atoms with van der Waals surface area (Å²) in [4.78, 5) is 24.8. The minimum Gasteiger partial charge on any atom is -0.368 e. The molecule has 0 bridgehead atoms. The van der Waals surface area contributed by atoms with Gasteiger partial charge >= 0.3 is 0 Å². The highest BCUT2D eigenvalue weighted by Crippen LogP contribution is 2.24. The molecule has 2 amide bonds. The third-order valence-electron chi connectivity index (χ3n) is 4.65. The van der Waals surface area contributed by atoms with E-state index in [4.69, 9.17) is 5.73 Å². The van der Waals surface area contributed by atoms with Crippen molar-refractivity contribution < 1.29 is 9.59 Å². The van der Waals surface area contributed by atoms with E-state index in [0.717, 1.165) is 16.5 Å². The van der Waals surface area contributed by atoms with Crippen LogP contribution in [0, 0.1) is 5.41 Å². The fraction of sp³-hybridized carbons (Fsp3) is 0.273. The number of benzene rings is 2. The van der Waals surface area contributed by atoms with Gasteiger partial charge in [-0.1, -0.05) is 69.3 Å². The molecule has 27 heavy (non-hydrogen) atoms. The van der Waals surface area contributed by atoms with Gasteiger partial charge in [-0.15, -0.1) is 0 Å². The van der Waals surface area contributed by atoms with Gasteiger partial charge in [0, 0.05) is 23.6 Å². The molecule has 5 nitrogen and oxygen atoms in total. The number of amides is 2. The third-order valence-corrected chi connectivity index (χ3v) is 4.65. The second-order valence-electron chi connectivity index (χ2n) is 7.85. The zero-order valence-corrected chi connectivity index (χ0v) is 15.9. The molecular formula is C22H25N3O2. The van der Waals surface area contributed by atoms with Crippen LogP contribution in [0.1, 0.15) is 36.7 Å². The average Bonchev–Trinajstić information content (AvgIpc) is 2.98. The topological polar surface area (TPSA) is 77.1 Å². The van der Waals surface area contributed by atoms with E-state index in [1.165, 1.54) is 0 Å². The highest BCUT2D eigenvalue weighted by atomic mass is 16.2. The molecule has 1 heterocycles. The van der Waals surface area contributed by atoms with Gasteiger partial charge in [-0.3, -0.25) is 9.59 Å². The molecule has 5 heteroatoms. The fourth-order valence-electron chi connectivity index (χ4n) is 3.26. The van der Waals surface area contributed by atoms with Gasteiger partial charge < -0.3 is 15.6 Å². The van der Waals surface area contributed by atoms with Crippen molar-refractivity contribution in [1.29, 1.82) is 0 Å². The Morgan fingerprint density at radius 1 is 1.04 bits per heavy atom. The maximum Gasteiger partial charge on any atom is 0.254 e. The van der Waals surface area contributed by atoms with Crippen molar-refractivity contribution in [1.82, 2.24) is 9.88 Å². The van der Waals surface area contributed by atoms with Gasteiger partial charge in [0.1, 0.15) is 6.04 Å². The summed E-state index contributed by atoms with van der Waals surface area (Å²) >= 11 is 0. The molecule has 1 atom stereocenters. The number of primary amides is 1. The molecule has 0 aliphatic carbocycles. The van der Waals surface area contributed by atoms with Gasteiger partial charge in [0.15, 0.2) is 0 Å². The van der Waals surface area contributed by atoms with Crippen LogP contribution in [0.5, 0.6) is 0 Å². The van der Waals surface area contributed by atoms with Crippen LogP contribution in [0.3, 0.4) is 0 Å². The molecule has 0 spiro atoms. The molecule has 3 rings (SSSR count). The van der Waals surface area contributed by atoms with Crippen molar-refractivity contribution in [3.63, 3.8) is 0 Å². The van der Waals surface area contributed by atoms with Gasteiger partial charge in [0.25, 0.3) is 5.91 Å². The number of fused-ring (bicyclic) bond motifs is 1. The summed E-state index contributed by atoms with van der Waals surface area (Å²) in [6.45, 7) is 6.29. The molecule has 0 radical (unpaired) electrons. The highest BCUT2D eigenvalue weighted by Gasteiger charge is 2.32. The smallest absolute Gasteiger partial charge is 0.254 e. The monoisotopic (exact) mass is 363 g/mol. The van der Waals surface area contributed by atoms with Crippen LogP contribution < -0.4 is 11.1 Å². The van der Waals surface area contributed by atoms with E-state index in [2.05, 4.69) is 22.0 Å². The van der Waals surface area contributed by atoms with Crippen LogP contribution in [0.15, 0.2) is 60.8 Å². The molecule has 0 aliphatic rings. The molecule has 2 aromatic carbocycles. The molecule has 0 unspecified atom stereocenters. The number of carbonyl (C=O) groups excluding carboxylic acids is 2. The predicted octanol–water partition coefficient (Wildman–Crippen LogP) is 3.32. The Bertz CT molecular complexity index is 968. The number of rotatable bonds is 5. The summed E-state index contributed by atoms with van der Waals surface area (Å²) in [5, 5.41) is 3.67. The first-order valence-corrected chi connectivity index (χ1v) is 8.99. The van der Waals surface area contributed by atoms with Gasteiger partial charge in [-0.25, -0.2) is 0 Å². The van der Waals surface area contributed by atoms with Crippen molar-refractivity contribution in [3.8, 4) is 0 Å². The zero-order valence-electron chi connectivity index (χ0n) is 15.9. The van der Waals surface area contributed by atoms with Crippen LogP contribution >= 0.6 is 0 Å². The van der Waals surface area contributed by atoms with Gasteiger partial charge in [-0.2, -0.15) is 0 Å². The van der Waals surface area contributed by atoms with Crippen LogP contribution in [-0.2, 0) is 11.3 Å². The summed E-state index contributed by atoms with van der Waals surface area (Å²) in [6, 6.07) is 17.1. The van der Waals surface area contributed by atoms with Crippen LogP contribution in [0.2, 0.25) is 0 Å². The summed E-state index contributed by atoms with van der Waals surface area (Å²) in [6.07, 6.45) is 1.84. The molecule has 0 aliphatic heterocycles. The maximum atomic E-state index is 13.0. The summed E-state index contributed by atoms with van der Waals surface area (Å²) < 4.78 is 2.05. The lowest BCUT2D eigenvalue weighted by atomic mass is 9.86. The van der Waals surface area contributed by atoms with Gasteiger partial charge in [0.05, 0.1) is 5.56 Å². The zero-order chi connectivity index (χ0) is 19.6. The SMILES string of the molecule is CC(C)(C)[C@H](NC(=O)c1cn(Cc2ccccc2)c2ccccc12)C(N)=O. The summed E-state index contributed by atoms with van der Waals surface area (Å²) in [5.41, 5.74) is 7.70. The minimum absolute atomic E-state index is 0.295. The number of aromatic nitrogens is 1. The van der Waals surface area contributed by atoms with Crippen molar-refractivity contribution >= 4 is 22.7 Å². The molecule has 1 aromatic heterocycles. The normalized spacial score (nSPS) is 12.7. The van der Waals surface area contributed by atoms with Crippen molar-refractivity contribution in [2.45, 2.75) is 33.4 Å². The Balaban J connectivity index is 1.97. The molecule has 0 saturated heterocycles. The number of nitrogens with zero attached hydrogens (tertiary/aromatic N) is 1. The second-order valence-corrected chi connectivity index (χ2v) is 7.85. The molecular weight excluding hydrogens is 338 g/mol. The highest BCUT2D eigenvalue weighted by molar-refractivity contribution is 6.08. The summed E-state index contributed by atoms with van der Waals surface area (Å²) in [5.74, 6) is -0.833. The fourth-order valence-corrected chi connectivity index (χ4v) is 3.26. The standard InChI is InChI=1S/C22H25N3O2/c1-22(2,3)19(20(23)26)24-21(27)17-14-25(13-15-9-5-4-6-10-15)18-12-8-7-11-16(17)18/h4-12,14,19H,13H2,1-3H3,(H2,23,26)(H,24,27)/t19-/m1/s1. The van der Waals surface area contributed by atoms with Crippen molar-refractivity contribution in [2.24, 2.45) is 11.1 Å². The van der Waals surface area contributed by atoms with E-state index in [-0.39, 0.29) is 5.91 Å². The van der Waals surface area contributed by atoms with E-state index in [1.54, 1.807) is 0 Å². The second kappa shape index (κ2) is 7.27. The predicted molar refractivity (Wildman–Crippen MR) is 107 cm³/mol. The lowest BCUT2D eigenvalue weighted by molar-refractivity contribution is -0.122. The molecule has 0 fully saturated rings. The van der Waals surface area contributed by atoms with Gasteiger partial charge in [0.2, 0.25) is 5.91 Å². The Labute approximate surface area is 159 Å². The largest absolute Gasteiger partial charge is 0.368 e. The first-order chi connectivity index (χ1) is 12.8. The quantitative estimate of drug-likeness (QED) is 0.729. The van der Waals surface area contributed by atoms with E-state index in [9.17, 15) is 9.59 Å². The molecule has 140 valence electrons. The van der Waals surface area contributed by atoms with E-state index in [0.29, 0.717) is 12.1 Å². The average molecular weight is 363 g/mol. The first-order valence-electron chi connectivity index (χ1n) is 8.99. The molecule has 3 N–H and O–H groups in total. The lowest BCUT2D eigenvalue weighted by Crippen LogP contribution is -2.52. The first kappa shape index (κ1) is 18.7. The lowest BCUT2D eigenvalue weighted by Gasteiger charge is -2.28. The Morgan fingerprint density at radius 2 is 1.67 bits per heavy atom. The van der Waals surface area contributed by atoms with Gasteiger partial charge in [-0.05, 0) is 17.0 Å². The van der Waals surface area contributed by atoms with Crippen LogP contribution in [0.4, 0.5) is 0 Å². The number of carbonyl (C=O) groups is 2.